The van der Waals surface area contributed by atoms with E-state index in [1.807, 2.05) is 6.92 Å². The normalized spacial score (nSPS) is 11.0. The van der Waals surface area contributed by atoms with Crippen molar-refractivity contribution in [3.8, 4) is 5.75 Å². The first-order chi connectivity index (χ1) is 13.8. The number of hydrogen-bond donors (Lipinski definition) is 2. The minimum Gasteiger partial charge on any atom is -0.495 e. The average molecular weight is 431 g/mol. The zero-order valence-electron chi connectivity index (χ0n) is 15.8. The van der Waals surface area contributed by atoms with Gasteiger partial charge < -0.3 is 10.1 Å². The van der Waals surface area contributed by atoms with E-state index in [9.17, 15) is 13.2 Å². The number of benzene rings is 3. The molecule has 0 unspecified atom stereocenters. The number of amides is 1. The van der Waals surface area contributed by atoms with Crippen molar-refractivity contribution < 1.29 is 17.9 Å². The summed E-state index contributed by atoms with van der Waals surface area (Å²) in [4.78, 5) is 12.8. The molecule has 3 aromatic rings. The van der Waals surface area contributed by atoms with Crippen molar-refractivity contribution in [2.24, 2.45) is 0 Å². The van der Waals surface area contributed by atoms with Crippen molar-refractivity contribution in [2.45, 2.75) is 11.8 Å². The van der Waals surface area contributed by atoms with E-state index in [1.54, 1.807) is 48.5 Å². The molecule has 6 nitrogen and oxygen atoms in total. The number of carbonyl (C=O) groups excluding carboxylic acids is 1. The molecule has 0 aromatic heterocycles. The molecule has 0 heterocycles. The molecule has 150 valence electrons. The van der Waals surface area contributed by atoms with Crippen LogP contribution in [0.25, 0.3) is 0 Å². The lowest BCUT2D eigenvalue weighted by atomic mass is 10.1. The van der Waals surface area contributed by atoms with Gasteiger partial charge >= 0.3 is 0 Å². The Bertz CT molecular complexity index is 1150. The van der Waals surface area contributed by atoms with Crippen LogP contribution in [-0.2, 0) is 10.0 Å². The fraction of sp³-hybridized carbons (Fsp3) is 0.0952. The Labute approximate surface area is 174 Å². The van der Waals surface area contributed by atoms with Gasteiger partial charge in [-0.2, -0.15) is 0 Å². The van der Waals surface area contributed by atoms with Gasteiger partial charge in [0.05, 0.1) is 17.7 Å². The molecule has 3 rings (SSSR count). The Morgan fingerprint density at radius 2 is 1.72 bits per heavy atom. The molecule has 29 heavy (non-hydrogen) atoms. The highest BCUT2D eigenvalue weighted by Crippen LogP contribution is 2.31. The molecule has 0 aliphatic carbocycles. The van der Waals surface area contributed by atoms with Gasteiger partial charge in [-0.3, -0.25) is 9.52 Å². The third-order valence-corrected chi connectivity index (χ3v) is 5.96. The minimum atomic E-state index is -3.75. The van der Waals surface area contributed by atoms with Crippen LogP contribution >= 0.6 is 11.6 Å². The number of carbonyl (C=O) groups is 1. The van der Waals surface area contributed by atoms with E-state index >= 15 is 0 Å². The Hall–Kier alpha value is -3.03. The highest BCUT2D eigenvalue weighted by Gasteiger charge is 2.16. The van der Waals surface area contributed by atoms with Crippen LogP contribution in [0.4, 0.5) is 11.4 Å². The van der Waals surface area contributed by atoms with Crippen LogP contribution < -0.4 is 14.8 Å². The Balaban J connectivity index is 1.83. The van der Waals surface area contributed by atoms with Gasteiger partial charge in [-0.25, -0.2) is 8.42 Å². The van der Waals surface area contributed by atoms with Crippen molar-refractivity contribution in [3.05, 3.63) is 82.9 Å². The lowest BCUT2D eigenvalue weighted by Gasteiger charge is -2.13. The summed E-state index contributed by atoms with van der Waals surface area (Å²) in [5.74, 6) is 0.0145. The third-order valence-electron chi connectivity index (χ3n) is 4.16. The molecule has 3 aromatic carbocycles. The summed E-state index contributed by atoms with van der Waals surface area (Å²) in [7, 11) is -2.27. The molecule has 8 heteroatoms. The number of anilines is 2. The maximum absolute atomic E-state index is 12.7. The van der Waals surface area contributed by atoms with Crippen molar-refractivity contribution in [1.82, 2.24) is 0 Å². The fourth-order valence-corrected chi connectivity index (χ4v) is 3.89. The molecular weight excluding hydrogens is 412 g/mol. The third kappa shape index (κ3) is 4.88. The van der Waals surface area contributed by atoms with Crippen LogP contribution in [0.3, 0.4) is 0 Å². The van der Waals surface area contributed by atoms with Crippen LogP contribution in [-0.4, -0.2) is 21.4 Å². The second-order valence-corrected chi connectivity index (χ2v) is 8.34. The standard InChI is InChI=1S/C21H19ClN2O4S/c1-14-11-19(20(28-2)13-18(14)22)23-21(25)15-7-6-8-16(12-15)24-29(26,27)17-9-4-3-5-10-17/h3-13,24H,1-2H3,(H,23,25). The molecule has 0 bridgehead atoms. The second kappa shape index (κ2) is 8.55. The molecule has 0 spiro atoms. The lowest BCUT2D eigenvalue weighted by molar-refractivity contribution is 0.102. The van der Waals surface area contributed by atoms with Gasteiger partial charge in [0.2, 0.25) is 0 Å². The monoisotopic (exact) mass is 430 g/mol. The zero-order chi connectivity index (χ0) is 21.0. The topological polar surface area (TPSA) is 84.5 Å². The van der Waals surface area contributed by atoms with Gasteiger partial charge in [0, 0.05) is 22.3 Å². The van der Waals surface area contributed by atoms with Crippen molar-refractivity contribution in [2.75, 3.05) is 17.1 Å². The largest absolute Gasteiger partial charge is 0.495 e. The van der Waals surface area contributed by atoms with Crippen molar-refractivity contribution in [1.29, 1.82) is 0 Å². The Kier molecular flexibility index (Phi) is 6.10. The van der Waals surface area contributed by atoms with Gasteiger partial charge in [-0.15, -0.1) is 0 Å². The smallest absolute Gasteiger partial charge is 0.261 e. The van der Waals surface area contributed by atoms with Gasteiger partial charge in [0.1, 0.15) is 5.75 Å². The number of ether oxygens (including phenoxy) is 1. The SMILES string of the molecule is COc1cc(Cl)c(C)cc1NC(=O)c1cccc(NS(=O)(=O)c2ccccc2)c1. The molecule has 0 saturated carbocycles. The highest BCUT2D eigenvalue weighted by atomic mass is 35.5. The number of sulfonamides is 1. The summed E-state index contributed by atoms with van der Waals surface area (Å²) in [5.41, 5.74) is 1.82. The molecule has 0 saturated heterocycles. The number of nitrogens with one attached hydrogen (secondary N) is 2. The molecule has 0 radical (unpaired) electrons. The van der Waals surface area contributed by atoms with Crippen molar-refractivity contribution >= 4 is 38.9 Å². The highest BCUT2D eigenvalue weighted by molar-refractivity contribution is 7.92. The maximum atomic E-state index is 12.7. The molecule has 0 fully saturated rings. The molecule has 1 amide bonds. The predicted octanol–water partition coefficient (Wildman–Crippen LogP) is 4.71. The molecule has 0 aliphatic heterocycles. The lowest BCUT2D eigenvalue weighted by Crippen LogP contribution is -2.15. The van der Waals surface area contributed by atoms with Gasteiger partial charge in [-0.05, 0) is 48.9 Å². The van der Waals surface area contributed by atoms with E-state index < -0.39 is 15.9 Å². The second-order valence-electron chi connectivity index (χ2n) is 6.26. The van der Waals surface area contributed by atoms with Crippen LogP contribution in [0, 0.1) is 6.92 Å². The van der Waals surface area contributed by atoms with Crippen LogP contribution in [0.5, 0.6) is 5.75 Å². The van der Waals surface area contributed by atoms with E-state index in [0.717, 1.165) is 5.56 Å². The number of methoxy groups -OCH3 is 1. The predicted molar refractivity (Wildman–Crippen MR) is 114 cm³/mol. The minimum absolute atomic E-state index is 0.135. The van der Waals surface area contributed by atoms with E-state index in [0.29, 0.717) is 16.5 Å². The number of aryl methyl sites for hydroxylation is 1. The van der Waals surface area contributed by atoms with Crippen LogP contribution in [0.2, 0.25) is 5.02 Å². The Morgan fingerprint density at radius 1 is 1.00 bits per heavy atom. The molecule has 2 N–H and O–H groups in total. The average Bonchev–Trinajstić information content (AvgIpc) is 2.71. The van der Waals surface area contributed by atoms with E-state index in [2.05, 4.69) is 10.0 Å². The summed E-state index contributed by atoms with van der Waals surface area (Å²) in [5, 5.41) is 3.29. The van der Waals surface area contributed by atoms with Crippen molar-refractivity contribution in [3.63, 3.8) is 0 Å². The maximum Gasteiger partial charge on any atom is 0.261 e. The summed E-state index contributed by atoms with van der Waals surface area (Å²) < 4.78 is 32.7. The van der Waals surface area contributed by atoms with Crippen LogP contribution in [0.1, 0.15) is 15.9 Å². The van der Waals surface area contributed by atoms with E-state index in [-0.39, 0.29) is 16.1 Å². The summed E-state index contributed by atoms with van der Waals surface area (Å²) in [6.45, 7) is 1.82. The van der Waals surface area contributed by atoms with E-state index in [1.165, 1.54) is 25.3 Å². The zero-order valence-corrected chi connectivity index (χ0v) is 17.3. The van der Waals surface area contributed by atoms with Gasteiger partial charge in [-0.1, -0.05) is 35.9 Å². The molecular formula is C21H19ClN2O4S. The van der Waals surface area contributed by atoms with E-state index in [4.69, 9.17) is 16.3 Å². The fourth-order valence-electron chi connectivity index (χ4n) is 2.66. The molecule has 0 atom stereocenters. The summed E-state index contributed by atoms with van der Waals surface area (Å²) in [6, 6.07) is 17.6. The first-order valence-electron chi connectivity index (χ1n) is 8.63. The first-order valence-corrected chi connectivity index (χ1v) is 10.5. The summed E-state index contributed by atoms with van der Waals surface area (Å²) >= 11 is 6.09. The number of rotatable bonds is 6. The van der Waals surface area contributed by atoms with Gasteiger partial charge in [0.15, 0.2) is 0 Å². The summed E-state index contributed by atoms with van der Waals surface area (Å²) in [6.07, 6.45) is 0. The van der Waals surface area contributed by atoms with Gasteiger partial charge in [0.25, 0.3) is 15.9 Å². The number of hydrogen-bond acceptors (Lipinski definition) is 4. The molecule has 0 aliphatic rings. The quantitative estimate of drug-likeness (QED) is 0.593. The van der Waals surface area contributed by atoms with Crippen LogP contribution in [0.15, 0.2) is 71.6 Å². The first kappa shape index (κ1) is 20.7. The number of halogens is 1. The Morgan fingerprint density at radius 3 is 2.41 bits per heavy atom.